The van der Waals surface area contributed by atoms with Gasteiger partial charge in [0.15, 0.2) is 0 Å². The van der Waals surface area contributed by atoms with E-state index in [-0.39, 0.29) is 59.8 Å². The molecule has 0 N–H and O–H groups in total. The molecule has 0 aromatic carbocycles. The predicted octanol–water partition coefficient (Wildman–Crippen LogP) is -5.79. The van der Waals surface area contributed by atoms with Crippen LogP contribution in [0.1, 0.15) is 0 Å². The highest BCUT2D eigenvalue weighted by Gasteiger charge is 2.28. The van der Waals surface area contributed by atoms with Crippen molar-refractivity contribution >= 4 is 33.4 Å². The Bertz CT molecular complexity index is 419. The van der Waals surface area contributed by atoms with Crippen LogP contribution in [0.15, 0.2) is 0 Å². The molecule has 0 spiro atoms. The van der Waals surface area contributed by atoms with Gasteiger partial charge < -0.3 is 66.7 Å². The number of rotatable bonds is 5. The number of nitrogens with zero attached hydrogens (tertiary/aromatic N) is 4. The molecule has 0 aromatic heterocycles. The zero-order chi connectivity index (χ0) is 17.8. The van der Waals surface area contributed by atoms with Gasteiger partial charge in [0.05, 0.1) is 92.1 Å². The van der Waals surface area contributed by atoms with Crippen LogP contribution in [-0.4, -0.2) is 123 Å². The molecule has 2 rings (SSSR count). The second-order valence-electron chi connectivity index (χ2n) is 8.05. The van der Waals surface area contributed by atoms with Crippen LogP contribution in [0.3, 0.4) is 0 Å². The van der Waals surface area contributed by atoms with Gasteiger partial charge in [-0.15, -0.1) is 0 Å². The summed E-state index contributed by atoms with van der Waals surface area (Å²) in [7, 11) is 11.9. The molecule has 2 fully saturated rings. The molecule has 26 heavy (non-hydrogen) atoms. The van der Waals surface area contributed by atoms with E-state index >= 15 is 0 Å². The van der Waals surface area contributed by atoms with Gasteiger partial charge in [-0.25, -0.2) is 0 Å². The average molecular weight is 630 g/mol. The first-order valence-electron chi connectivity index (χ1n) is 8.63. The Labute approximate surface area is 200 Å². The predicted molar refractivity (Wildman–Crippen MR) is 102 cm³/mol. The van der Waals surface area contributed by atoms with E-state index in [0.717, 1.165) is 61.3 Å². The lowest BCUT2D eigenvalue weighted by Crippen LogP contribution is -3.00. The van der Waals surface area contributed by atoms with Crippen LogP contribution in [0, 0.1) is 0 Å². The smallest absolute Gasteiger partial charge is 0.233 e. The molecule has 0 saturated carbocycles. The lowest BCUT2D eigenvalue weighted by Gasteiger charge is -2.39. The SMILES string of the molecule is C[N+]1(C)CCN(C(=O)CSSCC(=O)N2CC[N+](C)(C)CC2)CC1.[I-].[I-]. The summed E-state index contributed by atoms with van der Waals surface area (Å²) in [6.45, 7) is 7.46. The number of hydrogen-bond acceptors (Lipinski definition) is 4. The minimum Gasteiger partial charge on any atom is -1.00 e. The van der Waals surface area contributed by atoms with E-state index in [1.54, 1.807) is 0 Å². The summed E-state index contributed by atoms with van der Waals surface area (Å²) in [6.07, 6.45) is 0. The molecule has 0 aromatic rings. The summed E-state index contributed by atoms with van der Waals surface area (Å²) in [5.41, 5.74) is 0. The number of hydrogen-bond donors (Lipinski definition) is 0. The highest BCUT2D eigenvalue weighted by molar-refractivity contribution is 8.77. The first-order chi connectivity index (χ1) is 11.2. The van der Waals surface area contributed by atoms with E-state index < -0.39 is 0 Å². The van der Waals surface area contributed by atoms with Crippen molar-refractivity contribution in [3.63, 3.8) is 0 Å². The molecule has 2 saturated heterocycles. The lowest BCUT2D eigenvalue weighted by atomic mass is 10.3. The fourth-order valence-corrected chi connectivity index (χ4v) is 4.72. The average Bonchev–Trinajstić information content (AvgIpc) is 2.51. The fourth-order valence-electron chi connectivity index (χ4n) is 2.88. The normalized spacial score (nSPS) is 21.4. The minimum atomic E-state index is 0. The third-order valence-corrected chi connectivity index (χ3v) is 7.16. The van der Waals surface area contributed by atoms with E-state index in [1.165, 1.54) is 21.6 Å². The number of likely N-dealkylation sites (N-methyl/N-ethyl adjacent to an activating group) is 2. The van der Waals surface area contributed by atoms with E-state index in [1.807, 2.05) is 9.80 Å². The van der Waals surface area contributed by atoms with Gasteiger partial charge in [0.25, 0.3) is 0 Å². The van der Waals surface area contributed by atoms with Crippen LogP contribution in [0.5, 0.6) is 0 Å². The highest BCUT2D eigenvalue weighted by atomic mass is 127. The van der Waals surface area contributed by atoms with Gasteiger partial charge in [-0.1, -0.05) is 21.6 Å². The van der Waals surface area contributed by atoms with E-state index in [9.17, 15) is 9.59 Å². The summed E-state index contributed by atoms with van der Waals surface area (Å²) >= 11 is 0. The number of halogens is 2. The van der Waals surface area contributed by atoms with Gasteiger partial charge in [-0.2, -0.15) is 0 Å². The summed E-state index contributed by atoms with van der Waals surface area (Å²) in [5, 5.41) is 0. The van der Waals surface area contributed by atoms with Gasteiger partial charge in [0, 0.05) is 0 Å². The summed E-state index contributed by atoms with van der Waals surface area (Å²) in [5.74, 6) is 1.35. The standard InChI is InChI=1S/C16H32N4O2S2.2HI/c1-19(2)9-5-17(6-10-19)15(21)13-23-24-14-16(22)18-7-11-20(3,4)12-8-18;;/h5-14H2,1-4H3;2*1H/q+2;;/p-2. The minimum absolute atomic E-state index is 0. The van der Waals surface area contributed by atoms with Crippen molar-refractivity contribution in [2.75, 3.05) is 92.1 Å². The molecule has 0 radical (unpaired) electrons. The second kappa shape index (κ2) is 11.9. The number of quaternary nitrogens is 2. The zero-order valence-corrected chi connectivity index (χ0v) is 22.2. The lowest BCUT2D eigenvalue weighted by molar-refractivity contribution is -0.894. The van der Waals surface area contributed by atoms with Gasteiger partial charge >= 0.3 is 0 Å². The maximum Gasteiger partial charge on any atom is 0.233 e. The molecule has 0 bridgehead atoms. The van der Waals surface area contributed by atoms with Crippen molar-refractivity contribution in [3.8, 4) is 0 Å². The molecule has 2 aliphatic rings. The molecule has 2 aliphatic heterocycles. The van der Waals surface area contributed by atoms with Gasteiger partial charge in [0.1, 0.15) is 0 Å². The Morgan fingerprint density at radius 2 is 0.962 bits per heavy atom. The summed E-state index contributed by atoms with van der Waals surface area (Å²) < 4.78 is 1.98. The first-order valence-corrected chi connectivity index (χ1v) is 11.1. The van der Waals surface area contributed by atoms with Gasteiger partial charge in [0.2, 0.25) is 11.8 Å². The molecule has 10 heteroatoms. The maximum absolute atomic E-state index is 12.2. The molecule has 0 unspecified atom stereocenters. The quantitative estimate of drug-likeness (QED) is 0.132. The fraction of sp³-hybridized carbons (Fsp3) is 0.875. The monoisotopic (exact) mass is 630 g/mol. The molecule has 6 nitrogen and oxygen atoms in total. The Kier molecular flexibility index (Phi) is 12.4. The van der Waals surface area contributed by atoms with E-state index in [0.29, 0.717) is 11.5 Å². The molecular weight excluding hydrogens is 598 g/mol. The topological polar surface area (TPSA) is 40.6 Å². The van der Waals surface area contributed by atoms with E-state index in [2.05, 4.69) is 28.2 Å². The highest BCUT2D eigenvalue weighted by Crippen LogP contribution is 2.23. The van der Waals surface area contributed by atoms with Crippen LogP contribution in [-0.2, 0) is 9.59 Å². The second-order valence-corrected chi connectivity index (χ2v) is 10.5. The molecule has 154 valence electrons. The van der Waals surface area contributed by atoms with Crippen LogP contribution in [0.25, 0.3) is 0 Å². The van der Waals surface area contributed by atoms with Crippen LogP contribution < -0.4 is 48.0 Å². The Hall–Kier alpha value is 1.02. The number of carbonyl (C=O) groups is 2. The number of piperazine rings is 2. The maximum atomic E-state index is 12.2. The van der Waals surface area contributed by atoms with Crippen molar-refractivity contribution in [2.45, 2.75) is 0 Å². The van der Waals surface area contributed by atoms with Crippen LogP contribution >= 0.6 is 21.6 Å². The Morgan fingerprint density at radius 3 is 1.23 bits per heavy atom. The van der Waals surface area contributed by atoms with Crippen LogP contribution in [0.2, 0.25) is 0 Å². The molecule has 0 atom stereocenters. The molecular formula is C16H32I2N4O2S2. The Morgan fingerprint density at radius 1 is 0.692 bits per heavy atom. The summed E-state index contributed by atoms with van der Waals surface area (Å²) in [6, 6.07) is 0. The largest absolute Gasteiger partial charge is 1.00 e. The number of carbonyl (C=O) groups excluding carboxylic acids is 2. The van der Waals surface area contributed by atoms with Crippen molar-refractivity contribution in [1.82, 2.24) is 9.80 Å². The van der Waals surface area contributed by atoms with Gasteiger partial charge in [-0.05, 0) is 0 Å². The third kappa shape index (κ3) is 9.01. The third-order valence-electron chi connectivity index (χ3n) is 5.05. The molecule has 2 heterocycles. The van der Waals surface area contributed by atoms with Crippen molar-refractivity contribution in [1.29, 1.82) is 0 Å². The van der Waals surface area contributed by atoms with Gasteiger partial charge in [-0.3, -0.25) is 9.59 Å². The number of amides is 2. The Balaban J connectivity index is 0.00000312. The first kappa shape index (κ1) is 27.0. The van der Waals surface area contributed by atoms with Crippen molar-refractivity contribution < 1.29 is 66.5 Å². The summed E-state index contributed by atoms with van der Waals surface area (Å²) in [4.78, 5) is 28.4. The molecule has 0 aliphatic carbocycles. The zero-order valence-electron chi connectivity index (χ0n) is 16.2. The molecule has 2 amide bonds. The van der Waals surface area contributed by atoms with E-state index in [4.69, 9.17) is 0 Å². The van der Waals surface area contributed by atoms with Crippen molar-refractivity contribution in [3.05, 3.63) is 0 Å². The van der Waals surface area contributed by atoms with Crippen molar-refractivity contribution in [2.24, 2.45) is 0 Å². The van der Waals surface area contributed by atoms with Crippen LogP contribution in [0.4, 0.5) is 0 Å².